The van der Waals surface area contributed by atoms with E-state index >= 15 is 0 Å². The molecule has 0 fully saturated rings. The fourth-order valence-electron chi connectivity index (χ4n) is 1.08. The minimum Gasteiger partial charge on any atom is -0.379 e. The second-order valence-electron chi connectivity index (χ2n) is 3.50. The fraction of sp³-hybridized carbons (Fsp3) is 0.273. The van der Waals surface area contributed by atoms with Crippen LogP contribution in [0.5, 0.6) is 0 Å². The lowest BCUT2D eigenvalue weighted by atomic mass is 10.2. The lowest BCUT2D eigenvalue weighted by molar-refractivity contribution is -0.137. The van der Waals surface area contributed by atoms with Crippen molar-refractivity contribution >= 4 is 5.69 Å². The SMILES string of the molecule is C=C(C)CNc1ccc(C(F)(F)F)cc1F. The second kappa shape index (κ2) is 4.55. The number of hydrogen-bond acceptors (Lipinski definition) is 1. The van der Waals surface area contributed by atoms with Crippen molar-refractivity contribution in [1.82, 2.24) is 0 Å². The van der Waals surface area contributed by atoms with E-state index in [1.165, 1.54) is 0 Å². The Bertz CT molecular complexity index is 395. The van der Waals surface area contributed by atoms with Crippen molar-refractivity contribution < 1.29 is 17.6 Å². The molecule has 1 aromatic carbocycles. The molecular weight excluding hydrogens is 222 g/mol. The zero-order valence-electron chi connectivity index (χ0n) is 8.66. The molecule has 0 aliphatic rings. The van der Waals surface area contributed by atoms with Crippen molar-refractivity contribution in [2.24, 2.45) is 0 Å². The number of nitrogens with one attached hydrogen (secondary N) is 1. The molecule has 5 heteroatoms. The van der Waals surface area contributed by atoms with E-state index in [9.17, 15) is 17.6 Å². The first-order chi connectivity index (χ1) is 7.30. The van der Waals surface area contributed by atoms with Crippen molar-refractivity contribution in [1.29, 1.82) is 0 Å². The number of rotatable bonds is 3. The van der Waals surface area contributed by atoms with Crippen molar-refractivity contribution in [3.05, 3.63) is 41.7 Å². The highest BCUT2D eigenvalue weighted by Crippen LogP contribution is 2.31. The minimum absolute atomic E-state index is 0.0380. The van der Waals surface area contributed by atoms with Crippen LogP contribution in [-0.4, -0.2) is 6.54 Å². The minimum atomic E-state index is -4.52. The molecule has 1 aromatic rings. The molecule has 16 heavy (non-hydrogen) atoms. The third-order valence-electron chi connectivity index (χ3n) is 1.88. The normalized spacial score (nSPS) is 11.3. The van der Waals surface area contributed by atoms with Gasteiger partial charge < -0.3 is 5.32 Å². The van der Waals surface area contributed by atoms with Crippen LogP contribution in [-0.2, 0) is 6.18 Å². The predicted molar refractivity (Wildman–Crippen MR) is 54.7 cm³/mol. The van der Waals surface area contributed by atoms with Gasteiger partial charge in [0.15, 0.2) is 0 Å². The summed E-state index contributed by atoms with van der Waals surface area (Å²) >= 11 is 0. The second-order valence-corrected chi connectivity index (χ2v) is 3.50. The van der Waals surface area contributed by atoms with Crippen LogP contribution in [0.2, 0.25) is 0 Å². The highest BCUT2D eigenvalue weighted by Gasteiger charge is 2.31. The zero-order chi connectivity index (χ0) is 12.3. The number of halogens is 4. The Morgan fingerprint density at radius 3 is 2.44 bits per heavy atom. The molecule has 0 saturated heterocycles. The third kappa shape index (κ3) is 3.25. The van der Waals surface area contributed by atoms with E-state index in [2.05, 4.69) is 11.9 Å². The standard InChI is InChI=1S/C11H11F4N/c1-7(2)6-16-10-4-3-8(5-9(10)12)11(13,14)15/h3-5,16H,1,6H2,2H3. The fourth-order valence-corrected chi connectivity index (χ4v) is 1.08. The van der Waals surface area contributed by atoms with Gasteiger partial charge in [0.2, 0.25) is 0 Å². The van der Waals surface area contributed by atoms with Crippen LogP contribution in [0.4, 0.5) is 23.2 Å². The monoisotopic (exact) mass is 233 g/mol. The Labute approximate surface area is 90.8 Å². The molecule has 0 aromatic heterocycles. The molecule has 0 spiro atoms. The zero-order valence-corrected chi connectivity index (χ0v) is 8.66. The maximum absolute atomic E-state index is 13.2. The van der Waals surface area contributed by atoms with Crippen LogP contribution in [0.1, 0.15) is 12.5 Å². The van der Waals surface area contributed by atoms with E-state index in [0.29, 0.717) is 12.6 Å². The summed E-state index contributed by atoms with van der Waals surface area (Å²) in [7, 11) is 0. The van der Waals surface area contributed by atoms with E-state index in [1.54, 1.807) is 6.92 Å². The largest absolute Gasteiger partial charge is 0.416 e. The highest BCUT2D eigenvalue weighted by atomic mass is 19.4. The summed E-state index contributed by atoms with van der Waals surface area (Å²) in [6.07, 6.45) is -4.52. The van der Waals surface area contributed by atoms with Gasteiger partial charge in [-0.2, -0.15) is 13.2 Å². The van der Waals surface area contributed by atoms with Crippen LogP contribution >= 0.6 is 0 Å². The van der Waals surface area contributed by atoms with Crippen LogP contribution in [0, 0.1) is 5.82 Å². The summed E-state index contributed by atoms with van der Waals surface area (Å²) in [4.78, 5) is 0. The van der Waals surface area contributed by atoms with Crippen LogP contribution in [0.15, 0.2) is 30.4 Å². The summed E-state index contributed by atoms with van der Waals surface area (Å²) in [5.74, 6) is -0.920. The molecule has 0 unspecified atom stereocenters. The summed E-state index contributed by atoms with van der Waals surface area (Å²) in [5.41, 5.74) is -0.193. The van der Waals surface area contributed by atoms with Crippen LogP contribution in [0.25, 0.3) is 0 Å². The van der Waals surface area contributed by atoms with E-state index in [1.807, 2.05) is 0 Å². The molecule has 0 aliphatic carbocycles. The van der Waals surface area contributed by atoms with Gasteiger partial charge in [0.05, 0.1) is 11.3 Å². The summed E-state index contributed by atoms with van der Waals surface area (Å²) < 4.78 is 49.9. The lowest BCUT2D eigenvalue weighted by Crippen LogP contribution is -2.08. The Morgan fingerprint density at radius 2 is 2.00 bits per heavy atom. The Kier molecular flexibility index (Phi) is 3.57. The van der Waals surface area contributed by atoms with Gasteiger partial charge in [0.25, 0.3) is 0 Å². The average molecular weight is 233 g/mol. The van der Waals surface area contributed by atoms with Gasteiger partial charge >= 0.3 is 6.18 Å². The quantitative estimate of drug-likeness (QED) is 0.618. The number of alkyl halides is 3. The van der Waals surface area contributed by atoms with Crippen molar-refractivity contribution in [3.8, 4) is 0 Å². The van der Waals surface area contributed by atoms with Gasteiger partial charge in [-0.1, -0.05) is 12.2 Å². The van der Waals surface area contributed by atoms with Gasteiger partial charge in [0.1, 0.15) is 5.82 Å². The van der Waals surface area contributed by atoms with Gasteiger partial charge in [-0.3, -0.25) is 0 Å². The van der Waals surface area contributed by atoms with E-state index < -0.39 is 17.6 Å². The van der Waals surface area contributed by atoms with Crippen LogP contribution < -0.4 is 5.32 Å². The molecule has 1 N–H and O–H groups in total. The molecule has 1 nitrogen and oxygen atoms in total. The first-order valence-electron chi connectivity index (χ1n) is 4.55. The average Bonchev–Trinajstić information content (AvgIpc) is 2.14. The number of anilines is 1. The van der Waals surface area contributed by atoms with Gasteiger partial charge in [0, 0.05) is 6.54 Å². The molecule has 0 atom stereocenters. The number of hydrogen-bond donors (Lipinski definition) is 1. The molecule has 0 aliphatic heterocycles. The van der Waals surface area contributed by atoms with E-state index in [-0.39, 0.29) is 5.69 Å². The highest BCUT2D eigenvalue weighted by molar-refractivity contribution is 5.47. The molecular formula is C11H11F4N. The van der Waals surface area contributed by atoms with Crippen LogP contribution in [0.3, 0.4) is 0 Å². The van der Waals surface area contributed by atoms with E-state index in [4.69, 9.17) is 0 Å². The molecule has 0 amide bonds. The Hall–Kier alpha value is -1.52. The molecule has 88 valence electrons. The van der Waals surface area contributed by atoms with Gasteiger partial charge in [-0.05, 0) is 25.1 Å². The maximum Gasteiger partial charge on any atom is 0.416 e. The summed E-state index contributed by atoms with van der Waals surface area (Å²) in [6.45, 7) is 5.64. The maximum atomic E-state index is 13.2. The summed E-state index contributed by atoms with van der Waals surface area (Å²) in [6, 6.07) is 2.38. The van der Waals surface area contributed by atoms with Gasteiger partial charge in [-0.15, -0.1) is 0 Å². The number of benzene rings is 1. The Morgan fingerprint density at radius 1 is 1.38 bits per heavy atom. The lowest BCUT2D eigenvalue weighted by Gasteiger charge is -2.10. The topological polar surface area (TPSA) is 12.0 Å². The Balaban J connectivity index is 2.88. The smallest absolute Gasteiger partial charge is 0.379 e. The van der Waals surface area contributed by atoms with Crippen molar-refractivity contribution in [2.45, 2.75) is 13.1 Å². The van der Waals surface area contributed by atoms with Gasteiger partial charge in [-0.25, -0.2) is 4.39 Å². The molecule has 0 bridgehead atoms. The molecule has 0 heterocycles. The molecule has 1 rings (SSSR count). The first-order valence-corrected chi connectivity index (χ1v) is 4.55. The van der Waals surface area contributed by atoms with E-state index in [0.717, 1.165) is 17.7 Å². The molecule has 0 saturated carbocycles. The predicted octanol–water partition coefficient (Wildman–Crippen LogP) is 3.83. The summed E-state index contributed by atoms with van der Waals surface area (Å²) in [5, 5.41) is 2.65. The van der Waals surface area contributed by atoms with Crippen molar-refractivity contribution in [3.63, 3.8) is 0 Å². The first kappa shape index (κ1) is 12.5. The molecule has 0 radical (unpaired) electrons. The van der Waals surface area contributed by atoms with Crippen molar-refractivity contribution in [2.75, 3.05) is 11.9 Å². The third-order valence-corrected chi connectivity index (χ3v) is 1.88.